The molecule has 20 heavy (non-hydrogen) atoms. The fraction of sp³-hybridized carbons (Fsp3) is 0.500. The standard InChI is InChI=1S/C14H17F2NO3/c1-9-6-17(7-11(8-18)20-9)14(19)5-10-2-3-12(15)13(16)4-10/h2-4,9,11,18H,5-8H2,1H3. The summed E-state index contributed by atoms with van der Waals surface area (Å²) in [7, 11) is 0. The predicted molar refractivity (Wildman–Crippen MR) is 68.1 cm³/mol. The zero-order chi connectivity index (χ0) is 14.7. The van der Waals surface area contributed by atoms with Crippen LogP contribution in [-0.4, -0.2) is 47.8 Å². The Morgan fingerprint density at radius 2 is 2.15 bits per heavy atom. The summed E-state index contributed by atoms with van der Waals surface area (Å²) >= 11 is 0. The van der Waals surface area contributed by atoms with E-state index in [1.807, 2.05) is 6.92 Å². The number of rotatable bonds is 3. The number of aliphatic hydroxyl groups is 1. The van der Waals surface area contributed by atoms with Crippen molar-refractivity contribution in [1.29, 1.82) is 0 Å². The first-order chi connectivity index (χ1) is 9.49. The van der Waals surface area contributed by atoms with Crippen molar-refractivity contribution >= 4 is 5.91 Å². The molecule has 1 N–H and O–H groups in total. The second-order valence-electron chi connectivity index (χ2n) is 4.98. The van der Waals surface area contributed by atoms with Gasteiger partial charge in [-0.1, -0.05) is 6.07 Å². The van der Waals surface area contributed by atoms with Gasteiger partial charge in [0.25, 0.3) is 0 Å². The Morgan fingerprint density at radius 3 is 2.80 bits per heavy atom. The number of hydrogen-bond acceptors (Lipinski definition) is 3. The van der Waals surface area contributed by atoms with Crippen LogP contribution in [0.4, 0.5) is 8.78 Å². The molecule has 2 atom stereocenters. The molecular formula is C14H17F2NO3. The maximum atomic E-state index is 13.1. The number of halogens is 2. The Balaban J connectivity index is 2.01. The molecule has 0 aromatic heterocycles. The number of nitrogens with zero attached hydrogens (tertiary/aromatic N) is 1. The first kappa shape index (κ1) is 14.9. The number of benzene rings is 1. The zero-order valence-electron chi connectivity index (χ0n) is 11.2. The average molecular weight is 285 g/mol. The largest absolute Gasteiger partial charge is 0.394 e. The van der Waals surface area contributed by atoms with E-state index in [2.05, 4.69) is 0 Å². The predicted octanol–water partition coefficient (Wildman–Crippen LogP) is 1.12. The fourth-order valence-corrected chi connectivity index (χ4v) is 2.29. The van der Waals surface area contributed by atoms with Crippen LogP contribution in [0.5, 0.6) is 0 Å². The lowest BCUT2D eigenvalue weighted by atomic mass is 10.1. The second-order valence-corrected chi connectivity index (χ2v) is 4.98. The van der Waals surface area contributed by atoms with E-state index in [-0.39, 0.29) is 25.0 Å². The summed E-state index contributed by atoms with van der Waals surface area (Å²) in [6.45, 7) is 2.40. The van der Waals surface area contributed by atoms with Crippen LogP contribution < -0.4 is 0 Å². The molecule has 110 valence electrons. The minimum atomic E-state index is -0.959. The number of morpholine rings is 1. The van der Waals surface area contributed by atoms with Crippen molar-refractivity contribution in [2.24, 2.45) is 0 Å². The molecule has 1 fully saturated rings. The Bertz CT molecular complexity index is 495. The molecule has 1 amide bonds. The van der Waals surface area contributed by atoms with Gasteiger partial charge < -0.3 is 14.7 Å². The third-order valence-corrected chi connectivity index (χ3v) is 3.22. The van der Waals surface area contributed by atoms with Crippen molar-refractivity contribution in [3.05, 3.63) is 35.4 Å². The van der Waals surface area contributed by atoms with Crippen LogP contribution in [0.15, 0.2) is 18.2 Å². The lowest BCUT2D eigenvalue weighted by Gasteiger charge is -2.36. The van der Waals surface area contributed by atoms with Crippen molar-refractivity contribution in [2.45, 2.75) is 25.6 Å². The molecule has 0 saturated carbocycles. The van der Waals surface area contributed by atoms with Gasteiger partial charge in [0.15, 0.2) is 11.6 Å². The van der Waals surface area contributed by atoms with Crippen LogP contribution in [0.1, 0.15) is 12.5 Å². The van der Waals surface area contributed by atoms with Crippen molar-refractivity contribution < 1.29 is 23.4 Å². The first-order valence-electron chi connectivity index (χ1n) is 6.47. The molecule has 0 spiro atoms. The summed E-state index contributed by atoms with van der Waals surface area (Å²) < 4.78 is 31.4. The summed E-state index contributed by atoms with van der Waals surface area (Å²) in [6, 6.07) is 3.43. The lowest BCUT2D eigenvalue weighted by molar-refractivity contribution is -0.146. The van der Waals surface area contributed by atoms with E-state index in [0.717, 1.165) is 12.1 Å². The van der Waals surface area contributed by atoms with Crippen LogP contribution in [-0.2, 0) is 16.0 Å². The summed E-state index contributed by atoms with van der Waals surface area (Å²) in [6.07, 6.45) is -0.551. The molecule has 6 heteroatoms. The smallest absolute Gasteiger partial charge is 0.227 e. The Morgan fingerprint density at radius 1 is 1.40 bits per heavy atom. The highest BCUT2D eigenvalue weighted by Gasteiger charge is 2.27. The Hall–Kier alpha value is -1.53. The van der Waals surface area contributed by atoms with E-state index < -0.39 is 17.7 Å². The van der Waals surface area contributed by atoms with Crippen molar-refractivity contribution in [3.8, 4) is 0 Å². The third-order valence-electron chi connectivity index (χ3n) is 3.22. The van der Waals surface area contributed by atoms with E-state index in [1.165, 1.54) is 6.07 Å². The lowest BCUT2D eigenvalue weighted by Crippen LogP contribution is -2.50. The maximum absolute atomic E-state index is 13.1. The average Bonchev–Trinajstić information content (AvgIpc) is 2.42. The molecule has 1 saturated heterocycles. The van der Waals surface area contributed by atoms with E-state index in [0.29, 0.717) is 18.7 Å². The van der Waals surface area contributed by atoms with Crippen molar-refractivity contribution in [3.63, 3.8) is 0 Å². The monoisotopic (exact) mass is 285 g/mol. The molecule has 1 aliphatic heterocycles. The highest BCUT2D eigenvalue weighted by Crippen LogP contribution is 2.14. The number of carbonyl (C=O) groups is 1. The van der Waals surface area contributed by atoms with E-state index in [1.54, 1.807) is 4.90 Å². The quantitative estimate of drug-likeness (QED) is 0.905. The maximum Gasteiger partial charge on any atom is 0.227 e. The van der Waals surface area contributed by atoms with E-state index in [4.69, 9.17) is 9.84 Å². The van der Waals surface area contributed by atoms with E-state index >= 15 is 0 Å². The number of carbonyl (C=O) groups excluding carboxylic acids is 1. The molecule has 4 nitrogen and oxygen atoms in total. The van der Waals surface area contributed by atoms with Gasteiger partial charge in [0.1, 0.15) is 0 Å². The van der Waals surface area contributed by atoms with Crippen molar-refractivity contribution in [1.82, 2.24) is 4.90 Å². The Labute approximate surface area is 116 Å². The van der Waals surface area contributed by atoms with Gasteiger partial charge in [0.05, 0.1) is 25.2 Å². The summed E-state index contributed by atoms with van der Waals surface area (Å²) in [5, 5.41) is 9.11. The highest BCUT2D eigenvalue weighted by molar-refractivity contribution is 5.79. The normalized spacial score (nSPS) is 22.9. The van der Waals surface area contributed by atoms with E-state index in [9.17, 15) is 13.6 Å². The number of aliphatic hydroxyl groups excluding tert-OH is 1. The Kier molecular flexibility index (Phi) is 4.67. The minimum absolute atomic E-state index is 0.00205. The van der Waals surface area contributed by atoms with Gasteiger partial charge in [0, 0.05) is 13.1 Å². The van der Waals surface area contributed by atoms with Gasteiger partial charge in [-0.2, -0.15) is 0 Å². The van der Waals surface area contributed by atoms with Crippen LogP contribution >= 0.6 is 0 Å². The topological polar surface area (TPSA) is 49.8 Å². The number of hydrogen-bond donors (Lipinski definition) is 1. The highest BCUT2D eigenvalue weighted by atomic mass is 19.2. The first-order valence-corrected chi connectivity index (χ1v) is 6.47. The molecule has 1 aromatic rings. The van der Waals surface area contributed by atoms with Gasteiger partial charge in [-0.05, 0) is 24.6 Å². The van der Waals surface area contributed by atoms with Gasteiger partial charge >= 0.3 is 0 Å². The second kappa shape index (κ2) is 6.28. The van der Waals surface area contributed by atoms with Crippen LogP contribution in [0.3, 0.4) is 0 Å². The molecule has 1 aliphatic rings. The fourth-order valence-electron chi connectivity index (χ4n) is 2.29. The van der Waals surface area contributed by atoms with Crippen LogP contribution in [0, 0.1) is 11.6 Å². The molecule has 1 aromatic carbocycles. The molecule has 0 radical (unpaired) electrons. The van der Waals surface area contributed by atoms with Gasteiger partial charge in [0.2, 0.25) is 5.91 Å². The number of amides is 1. The SMILES string of the molecule is CC1CN(C(=O)Cc2ccc(F)c(F)c2)CC(CO)O1. The molecule has 0 aliphatic carbocycles. The molecule has 0 bridgehead atoms. The number of ether oxygens (including phenoxy) is 1. The third kappa shape index (κ3) is 3.52. The van der Waals surface area contributed by atoms with Crippen molar-refractivity contribution in [2.75, 3.05) is 19.7 Å². The van der Waals surface area contributed by atoms with Gasteiger partial charge in [-0.25, -0.2) is 8.78 Å². The zero-order valence-corrected chi connectivity index (χ0v) is 11.2. The molecular weight excluding hydrogens is 268 g/mol. The van der Waals surface area contributed by atoms with Gasteiger partial charge in [-0.3, -0.25) is 4.79 Å². The minimum Gasteiger partial charge on any atom is -0.394 e. The summed E-state index contributed by atoms with van der Waals surface area (Å²) in [5.41, 5.74) is 0.425. The molecule has 2 rings (SSSR count). The molecule has 1 heterocycles. The molecule has 2 unspecified atom stereocenters. The summed E-state index contributed by atoms with van der Waals surface area (Å²) in [4.78, 5) is 13.7. The van der Waals surface area contributed by atoms with Crippen LogP contribution in [0.25, 0.3) is 0 Å². The summed E-state index contributed by atoms with van der Waals surface area (Å²) in [5.74, 6) is -2.08. The van der Waals surface area contributed by atoms with Crippen LogP contribution in [0.2, 0.25) is 0 Å². The van der Waals surface area contributed by atoms with Gasteiger partial charge in [-0.15, -0.1) is 0 Å².